The number of amides is 2. The highest BCUT2D eigenvalue weighted by molar-refractivity contribution is 5.88. The van der Waals surface area contributed by atoms with Crippen LogP contribution >= 0.6 is 0 Å². The van der Waals surface area contributed by atoms with E-state index in [2.05, 4.69) is 34.4 Å². The number of hydrogen-bond acceptors (Lipinski definition) is 9. The molecule has 15 heteroatoms. The van der Waals surface area contributed by atoms with Crippen molar-refractivity contribution >= 4 is 45.6 Å². The molecule has 0 aliphatic carbocycles. The van der Waals surface area contributed by atoms with Gasteiger partial charge in [0.2, 0.25) is 11.8 Å². The molecule has 15 nitrogen and oxygen atoms in total. The summed E-state index contributed by atoms with van der Waals surface area (Å²) in [5.41, 5.74) is 3.72. The highest BCUT2D eigenvalue weighted by Crippen LogP contribution is 2.25. The van der Waals surface area contributed by atoms with E-state index < -0.39 is 24.0 Å². The molecule has 5 heterocycles. The summed E-state index contributed by atoms with van der Waals surface area (Å²) >= 11 is 0. The van der Waals surface area contributed by atoms with Crippen LogP contribution in [0.4, 0.5) is 0 Å². The number of aryl methyl sites for hydroxylation is 2. The van der Waals surface area contributed by atoms with Gasteiger partial charge in [-0.05, 0) is 78.9 Å². The fourth-order valence-electron chi connectivity index (χ4n) is 6.73. The van der Waals surface area contributed by atoms with Gasteiger partial charge in [0, 0.05) is 66.3 Å². The normalized spacial score (nSPS) is 11.7. The lowest BCUT2D eigenvalue weighted by Gasteiger charge is -2.15. The number of hydrogen-bond donors (Lipinski definition) is 8. The maximum atomic E-state index is 11.8. The maximum absolute atomic E-state index is 11.8. The van der Waals surface area contributed by atoms with E-state index in [1.165, 1.54) is 0 Å². The van der Waals surface area contributed by atoms with Crippen molar-refractivity contribution in [3.8, 4) is 11.5 Å². The summed E-state index contributed by atoms with van der Waals surface area (Å²) in [4.78, 5) is 52.6. The van der Waals surface area contributed by atoms with Crippen molar-refractivity contribution in [2.24, 2.45) is 5.92 Å². The number of aliphatic carboxylic acids is 2. The molecule has 0 bridgehead atoms. The standard InChI is InChI=1S/C17H22N2O3.C16H20N2O3.C10H10O4.C7H10O/c1-2-3-4-9-16(20)19-15(17(21)22)10-12-11-18-14-8-6-5-7-13(12)14;1-10(2)7-15(19)18-14(16(20)21)8-11-9-17-13-6-4-3-5-12(11)13;11-5-7-1-3-9(13-7)10-4-2-8(6-12)14-10;1-3-7-5-4-6(2)8-7/h5-8,11,15,18H,2-4,9-10H2,1H3,(H,19,20)(H,21,22);3-6,9-10,14,17H,7-8H2,1-2H3,(H,18,19)(H,20,21);1-4,11-12H,5-6H2;4-5H,3H2,1-2H3. The van der Waals surface area contributed by atoms with Crippen molar-refractivity contribution in [3.05, 3.63) is 131 Å². The molecule has 2 amide bonds. The lowest BCUT2D eigenvalue weighted by Crippen LogP contribution is -2.42. The lowest BCUT2D eigenvalue weighted by atomic mass is 10.0. The second-order valence-corrected chi connectivity index (χ2v) is 15.8. The summed E-state index contributed by atoms with van der Waals surface area (Å²) in [6.45, 7) is 9.69. The Labute approximate surface area is 378 Å². The van der Waals surface area contributed by atoms with Crippen LogP contribution in [0.15, 0.2) is 111 Å². The fourth-order valence-corrected chi connectivity index (χ4v) is 6.73. The van der Waals surface area contributed by atoms with Crippen molar-refractivity contribution in [2.75, 3.05) is 0 Å². The van der Waals surface area contributed by atoms with E-state index in [9.17, 15) is 29.4 Å². The zero-order valence-corrected chi connectivity index (χ0v) is 37.7. The molecule has 0 spiro atoms. The summed E-state index contributed by atoms with van der Waals surface area (Å²) in [5, 5.41) is 43.4. The zero-order valence-electron chi connectivity index (χ0n) is 37.7. The van der Waals surface area contributed by atoms with E-state index in [0.29, 0.717) is 35.9 Å². The minimum absolute atomic E-state index is 0.131. The number of aromatic amines is 2. The molecule has 0 saturated carbocycles. The van der Waals surface area contributed by atoms with Gasteiger partial charge in [0.25, 0.3) is 0 Å². The fraction of sp³-hybridized carbons (Fsp3) is 0.360. The smallest absolute Gasteiger partial charge is 0.326 e. The van der Waals surface area contributed by atoms with Crippen LogP contribution in [0.3, 0.4) is 0 Å². The molecule has 2 unspecified atom stereocenters. The minimum Gasteiger partial charge on any atom is -0.480 e. The molecule has 0 fully saturated rings. The number of carbonyl (C=O) groups excluding carboxylic acids is 2. The van der Waals surface area contributed by atoms with Gasteiger partial charge >= 0.3 is 11.9 Å². The molecule has 0 aliphatic heterocycles. The summed E-state index contributed by atoms with van der Waals surface area (Å²) in [6, 6.07) is 24.4. The SMILES string of the molecule is CC(C)CC(=O)NC(Cc1c[nH]c2ccccc12)C(=O)O.CCCCCC(=O)NC(Cc1c[nH]c2ccccc12)C(=O)O.CCc1ccc(C)o1.OCc1ccc(-c2ccc(CO)o2)o1. The van der Waals surface area contributed by atoms with Gasteiger partial charge in [-0.1, -0.05) is 76.9 Å². The molecule has 65 heavy (non-hydrogen) atoms. The lowest BCUT2D eigenvalue weighted by molar-refractivity contribution is -0.142. The molecule has 5 aromatic heterocycles. The molecule has 0 saturated heterocycles. The van der Waals surface area contributed by atoms with Crippen LogP contribution in [0, 0.1) is 12.8 Å². The van der Waals surface area contributed by atoms with Crippen LogP contribution in [-0.2, 0) is 51.7 Å². The Hall–Kier alpha value is -6.84. The van der Waals surface area contributed by atoms with Gasteiger partial charge in [-0.15, -0.1) is 0 Å². The third kappa shape index (κ3) is 16.3. The topological polar surface area (TPSA) is 244 Å². The first-order valence-electron chi connectivity index (χ1n) is 21.8. The highest BCUT2D eigenvalue weighted by atomic mass is 16.4. The molecule has 2 atom stereocenters. The Morgan fingerprint density at radius 2 is 1.09 bits per heavy atom. The summed E-state index contributed by atoms with van der Waals surface area (Å²) in [7, 11) is 0. The van der Waals surface area contributed by atoms with Crippen LogP contribution in [-0.4, -0.2) is 66.2 Å². The average molecular weight is 895 g/mol. The molecule has 2 aromatic carbocycles. The largest absolute Gasteiger partial charge is 0.480 e. The van der Waals surface area contributed by atoms with Crippen LogP contribution in [0.2, 0.25) is 0 Å². The summed E-state index contributed by atoms with van der Waals surface area (Å²) in [5.74, 6) is 1.91. The number of benzene rings is 2. The number of fused-ring (bicyclic) bond motifs is 2. The molecule has 348 valence electrons. The van der Waals surface area contributed by atoms with Gasteiger partial charge in [0.1, 0.15) is 48.3 Å². The number of aliphatic hydroxyl groups is 2. The zero-order chi connectivity index (χ0) is 47.3. The number of rotatable bonds is 18. The number of para-hydroxylation sites is 2. The van der Waals surface area contributed by atoms with E-state index in [0.717, 1.165) is 70.1 Å². The second-order valence-electron chi connectivity index (χ2n) is 15.8. The Morgan fingerprint density at radius 1 is 0.615 bits per heavy atom. The number of H-pyrrole nitrogens is 2. The first-order chi connectivity index (χ1) is 31.2. The number of aromatic nitrogens is 2. The number of nitrogens with one attached hydrogen (secondary N) is 4. The third-order valence-electron chi connectivity index (χ3n) is 10.1. The molecular formula is C50H62N4O11. The first kappa shape index (κ1) is 50.8. The molecule has 7 aromatic rings. The number of carbonyl (C=O) groups is 4. The maximum Gasteiger partial charge on any atom is 0.326 e. The molecule has 0 aliphatic rings. The Kier molecular flexibility index (Phi) is 20.4. The van der Waals surface area contributed by atoms with E-state index in [4.69, 9.17) is 23.5 Å². The van der Waals surface area contributed by atoms with Gasteiger partial charge in [-0.3, -0.25) is 9.59 Å². The van der Waals surface area contributed by atoms with Crippen molar-refractivity contribution in [3.63, 3.8) is 0 Å². The van der Waals surface area contributed by atoms with Crippen LogP contribution < -0.4 is 10.6 Å². The van der Waals surface area contributed by atoms with E-state index in [1.807, 2.05) is 87.6 Å². The highest BCUT2D eigenvalue weighted by Gasteiger charge is 2.23. The second kappa shape index (κ2) is 26.1. The van der Waals surface area contributed by atoms with Crippen molar-refractivity contribution in [2.45, 2.75) is 111 Å². The van der Waals surface area contributed by atoms with Crippen molar-refractivity contribution < 1.29 is 52.9 Å². The van der Waals surface area contributed by atoms with Gasteiger partial charge in [0.15, 0.2) is 11.5 Å². The molecule has 8 N–H and O–H groups in total. The van der Waals surface area contributed by atoms with E-state index in [-0.39, 0.29) is 43.8 Å². The predicted molar refractivity (Wildman–Crippen MR) is 248 cm³/mol. The van der Waals surface area contributed by atoms with Crippen molar-refractivity contribution in [1.29, 1.82) is 0 Å². The third-order valence-corrected chi connectivity index (χ3v) is 10.1. The Bertz CT molecular complexity index is 2500. The molecule has 0 radical (unpaired) electrons. The monoisotopic (exact) mass is 894 g/mol. The quantitative estimate of drug-likeness (QED) is 0.0378. The van der Waals surface area contributed by atoms with Crippen LogP contribution in [0.5, 0.6) is 0 Å². The van der Waals surface area contributed by atoms with Crippen LogP contribution in [0.25, 0.3) is 33.3 Å². The summed E-state index contributed by atoms with van der Waals surface area (Å²) in [6.07, 6.45) is 8.67. The van der Waals surface area contributed by atoms with Gasteiger partial charge in [-0.25, -0.2) is 9.59 Å². The van der Waals surface area contributed by atoms with Gasteiger partial charge in [-0.2, -0.15) is 0 Å². The van der Waals surface area contributed by atoms with Gasteiger partial charge < -0.3 is 54.3 Å². The molecular weight excluding hydrogens is 833 g/mol. The number of unbranched alkanes of at least 4 members (excludes halogenated alkanes) is 2. The number of aliphatic hydroxyl groups excluding tert-OH is 2. The predicted octanol–water partition coefficient (Wildman–Crippen LogP) is 8.86. The molecule has 7 rings (SSSR count). The van der Waals surface area contributed by atoms with Crippen molar-refractivity contribution in [1.82, 2.24) is 20.6 Å². The minimum atomic E-state index is -1.02. The van der Waals surface area contributed by atoms with Crippen LogP contribution in [0.1, 0.15) is 94.0 Å². The number of carboxylic acid groups (broad SMARTS) is 2. The van der Waals surface area contributed by atoms with E-state index >= 15 is 0 Å². The Balaban J connectivity index is 0.000000200. The summed E-state index contributed by atoms with van der Waals surface area (Å²) < 4.78 is 15.7. The number of carboxylic acids is 2. The number of furan rings is 3. The first-order valence-corrected chi connectivity index (χ1v) is 21.8. The van der Waals surface area contributed by atoms with E-state index in [1.54, 1.807) is 30.5 Å². The average Bonchev–Trinajstić information content (AvgIpc) is 4.15. The Morgan fingerprint density at radius 3 is 1.48 bits per heavy atom. The van der Waals surface area contributed by atoms with Gasteiger partial charge in [0.05, 0.1) is 0 Å².